The second-order valence-electron chi connectivity index (χ2n) is 19.6. The lowest BCUT2D eigenvalue weighted by molar-refractivity contribution is 0.903. The summed E-state index contributed by atoms with van der Waals surface area (Å²) < 4.78 is 2.44. The Morgan fingerprint density at radius 2 is 0.733 bits per heavy atom. The smallest absolute Gasteiger partial charge is 0.0601 e. The summed E-state index contributed by atoms with van der Waals surface area (Å²) in [6, 6.07) is 91.9. The molecule has 0 spiro atoms. The number of para-hydroxylation sites is 3. The Hall–Kier alpha value is -8.74. The van der Waals surface area contributed by atoms with Crippen LogP contribution in [0.2, 0.25) is 0 Å². The molecule has 1 aliphatic carbocycles. The minimum Gasteiger partial charge on any atom is -0.312 e. The molecule has 1 aromatic heterocycles. The molecule has 0 N–H and O–H groups in total. The van der Waals surface area contributed by atoms with E-state index in [1.165, 1.54) is 125 Å². The molecule has 0 fully saturated rings. The van der Waals surface area contributed by atoms with E-state index in [1.54, 1.807) is 0 Å². The van der Waals surface area contributed by atoms with Crippen molar-refractivity contribution in [2.75, 3.05) is 9.80 Å². The van der Waals surface area contributed by atoms with Gasteiger partial charge in [0.15, 0.2) is 0 Å². The summed E-state index contributed by atoms with van der Waals surface area (Å²) in [6.45, 7) is 0. The third kappa shape index (κ3) is 7.61. The summed E-state index contributed by atoms with van der Waals surface area (Å²) >= 11 is 3.73. The van der Waals surface area contributed by atoms with Gasteiger partial charge < -0.3 is 14.4 Å². The fourth-order valence-electron chi connectivity index (χ4n) is 11.5. The first-order valence-corrected chi connectivity index (χ1v) is 27.4. The van der Waals surface area contributed by atoms with Crippen molar-refractivity contribution in [2.45, 2.75) is 27.5 Å². The van der Waals surface area contributed by atoms with Crippen LogP contribution < -0.4 is 9.80 Å². The maximum atomic E-state index is 2.47. The molecule has 2 aliphatic heterocycles. The Labute approximate surface area is 445 Å². The van der Waals surface area contributed by atoms with Crippen molar-refractivity contribution in [3.05, 3.63) is 271 Å². The minimum atomic E-state index is 1.05. The van der Waals surface area contributed by atoms with Crippen LogP contribution in [0.15, 0.2) is 286 Å². The number of nitrogens with zero attached hydrogens (tertiary/aromatic N) is 3. The Morgan fingerprint density at radius 3 is 1.28 bits per heavy atom. The quantitative estimate of drug-likeness (QED) is 0.158. The van der Waals surface area contributed by atoms with Crippen LogP contribution in [0.3, 0.4) is 0 Å². The second-order valence-corrected chi connectivity index (χ2v) is 21.8. The predicted molar refractivity (Wildman–Crippen MR) is 319 cm³/mol. The Morgan fingerprint density at radius 1 is 0.320 bits per heavy atom. The summed E-state index contributed by atoms with van der Waals surface area (Å²) in [6.07, 6.45) is 6.72. The van der Waals surface area contributed by atoms with E-state index < -0.39 is 0 Å². The van der Waals surface area contributed by atoms with E-state index in [-0.39, 0.29) is 0 Å². The lowest BCUT2D eigenvalue weighted by Crippen LogP contribution is -2.22. The van der Waals surface area contributed by atoms with Crippen LogP contribution in [-0.2, 0) is 0 Å². The van der Waals surface area contributed by atoms with Crippen LogP contribution in [0.1, 0.15) is 12.8 Å². The van der Waals surface area contributed by atoms with Gasteiger partial charge in [0.05, 0.1) is 28.1 Å². The molecule has 3 heterocycles. The number of benzene rings is 11. The number of hydrogen-bond donors (Lipinski definition) is 0. The summed E-state index contributed by atoms with van der Waals surface area (Å²) in [5, 5.41) is 4.93. The number of aromatic nitrogens is 1. The van der Waals surface area contributed by atoms with Gasteiger partial charge in [-0.15, -0.1) is 0 Å². The van der Waals surface area contributed by atoms with E-state index in [0.29, 0.717) is 0 Å². The van der Waals surface area contributed by atoms with Crippen LogP contribution in [0.5, 0.6) is 0 Å². The SMILES string of the molecule is C1=CC2=C(CC1)N(c1ccc(-c3ccc(-c4ccc5c(c4)c4cc(-c6ccc(-c7ccc(N8c9ccccc9Sc9ccccc98)cc7)cc6)ccc4n5-c4ccc5ccccc5c4)cc3)cc1)c1ccccc1S2. The van der Waals surface area contributed by atoms with E-state index in [2.05, 4.69) is 275 Å². The van der Waals surface area contributed by atoms with Gasteiger partial charge in [-0.25, -0.2) is 0 Å². The van der Waals surface area contributed by atoms with Gasteiger partial charge in [-0.1, -0.05) is 187 Å². The summed E-state index contributed by atoms with van der Waals surface area (Å²) in [5.41, 5.74) is 20.6. The topological polar surface area (TPSA) is 11.4 Å². The molecule has 0 amide bonds. The van der Waals surface area contributed by atoms with Crippen molar-refractivity contribution in [1.29, 1.82) is 0 Å². The zero-order valence-electron chi connectivity index (χ0n) is 40.9. The lowest BCUT2D eigenvalue weighted by Gasteiger charge is -2.35. The molecule has 0 saturated carbocycles. The van der Waals surface area contributed by atoms with E-state index in [4.69, 9.17) is 0 Å². The van der Waals surface area contributed by atoms with Crippen molar-refractivity contribution in [1.82, 2.24) is 4.57 Å². The molecule has 0 radical (unpaired) electrons. The zero-order valence-corrected chi connectivity index (χ0v) is 42.5. The first kappa shape index (κ1) is 43.8. The van der Waals surface area contributed by atoms with Crippen molar-refractivity contribution in [3.63, 3.8) is 0 Å². The fraction of sp³-hybridized carbons (Fsp3) is 0.0286. The van der Waals surface area contributed by atoms with E-state index in [9.17, 15) is 0 Å². The first-order chi connectivity index (χ1) is 37.1. The van der Waals surface area contributed by atoms with Crippen molar-refractivity contribution in [3.8, 4) is 50.2 Å². The normalized spacial score (nSPS) is 13.8. The fourth-order valence-corrected chi connectivity index (χ4v) is 13.7. The molecule has 0 bridgehead atoms. The van der Waals surface area contributed by atoms with E-state index in [1.807, 2.05) is 23.5 Å². The van der Waals surface area contributed by atoms with Gasteiger partial charge in [0.1, 0.15) is 0 Å². The van der Waals surface area contributed by atoms with Crippen LogP contribution in [-0.4, -0.2) is 4.57 Å². The van der Waals surface area contributed by atoms with Gasteiger partial charge in [0.2, 0.25) is 0 Å². The molecular weight excluding hydrogens is 947 g/mol. The molecule has 75 heavy (non-hydrogen) atoms. The zero-order chi connectivity index (χ0) is 49.4. The Balaban J connectivity index is 0.752. The largest absolute Gasteiger partial charge is 0.312 e. The highest BCUT2D eigenvalue weighted by molar-refractivity contribution is 8.03. The molecule has 0 atom stereocenters. The highest BCUT2D eigenvalue weighted by Gasteiger charge is 2.28. The predicted octanol–water partition coefficient (Wildman–Crippen LogP) is 20.3. The van der Waals surface area contributed by atoms with Gasteiger partial charge >= 0.3 is 0 Å². The second kappa shape index (κ2) is 18.0. The number of rotatable bonds is 7. The van der Waals surface area contributed by atoms with Gasteiger partial charge in [-0.3, -0.25) is 0 Å². The number of fused-ring (bicyclic) bond motifs is 7. The molecule has 3 nitrogen and oxygen atoms in total. The molecule has 15 rings (SSSR count). The minimum absolute atomic E-state index is 1.05. The summed E-state index contributed by atoms with van der Waals surface area (Å²) in [4.78, 5) is 10.0. The molecule has 12 aromatic rings. The standard InChI is InChI=1S/C70H47N3S2/c1-2-12-53-43-58(40-33-46(53)11-1)73-61-41-34-54(51-25-21-47(22-26-51)49-29-36-56(37-30-49)71-63-13-3-7-17-67(63)74-68-18-8-4-14-64(68)71)44-59(61)60-45-55(35-42-62(60)73)52-27-23-48(24-28-52)50-31-38-57(39-32-50)72-65-15-5-9-19-69(65)75-70-20-10-6-16-66(70)72/h1-5,7-15,17-45H,6,16H2. The van der Waals surface area contributed by atoms with Crippen LogP contribution >= 0.6 is 23.5 Å². The number of thioether (sulfide) groups is 1. The van der Waals surface area contributed by atoms with Gasteiger partial charge in [0.25, 0.3) is 0 Å². The van der Waals surface area contributed by atoms with Crippen molar-refractivity contribution >= 4 is 84.5 Å². The number of hydrogen-bond acceptors (Lipinski definition) is 4. The first-order valence-electron chi connectivity index (χ1n) is 25.8. The monoisotopic (exact) mass is 993 g/mol. The van der Waals surface area contributed by atoms with Gasteiger partial charge in [-0.05, 0) is 165 Å². The molecule has 3 aliphatic rings. The maximum absolute atomic E-state index is 2.47. The van der Waals surface area contributed by atoms with E-state index in [0.717, 1.165) is 24.2 Å². The molecule has 5 heteroatoms. The van der Waals surface area contributed by atoms with Gasteiger partial charge in [0, 0.05) is 53.1 Å². The molecular formula is C70H47N3S2. The Bertz CT molecular complexity index is 4240. The average molecular weight is 994 g/mol. The highest BCUT2D eigenvalue weighted by atomic mass is 32.2. The summed E-state index contributed by atoms with van der Waals surface area (Å²) in [5.74, 6) is 0. The number of allylic oxidation sites excluding steroid dienone is 3. The maximum Gasteiger partial charge on any atom is 0.0601 e. The van der Waals surface area contributed by atoms with E-state index >= 15 is 0 Å². The molecule has 354 valence electrons. The molecule has 11 aromatic carbocycles. The number of anilines is 5. The van der Waals surface area contributed by atoms with Gasteiger partial charge in [-0.2, -0.15) is 0 Å². The van der Waals surface area contributed by atoms with Crippen LogP contribution in [0.25, 0.3) is 82.8 Å². The van der Waals surface area contributed by atoms with Crippen LogP contribution in [0, 0.1) is 0 Å². The van der Waals surface area contributed by atoms with Crippen LogP contribution in [0.4, 0.5) is 28.4 Å². The van der Waals surface area contributed by atoms with Crippen molar-refractivity contribution < 1.29 is 0 Å². The molecule has 0 saturated heterocycles. The summed E-state index contributed by atoms with van der Waals surface area (Å²) in [7, 11) is 0. The van der Waals surface area contributed by atoms with Crippen molar-refractivity contribution in [2.24, 2.45) is 0 Å². The third-order valence-electron chi connectivity index (χ3n) is 15.2. The molecule has 0 unspecified atom stereocenters. The Kier molecular flexibility index (Phi) is 10.5. The lowest BCUT2D eigenvalue weighted by atomic mass is 9.97. The average Bonchev–Trinajstić information content (AvgIpc) is 3.82. The third-order valence-corrected chi connectivity index (χ3v) is 17.5. The highest BCUT2D eigenvalue weighted by Crippen LogP contribution is 2.52.